The molecule has 1 N–H and O–H groups in total. The van der Waals surface area contributed by atoms with Crippen molar-refractivity contribution in [2.24, 2.45) is 0 Å². The molecule has 3 aromatic carbocycles. The van der Waals surface area contributed by atoms with Crippen LogP contribution in [0.1, 0.15) is 39.2 Å². The Balaban J connectivity index is 2.09. The van der Waals surface area contributed by atoms with Crippen LogP contribution in [0.3, 0.4) is 0 Å². The number of rotatable bonds is 13. The summed E-state index contributed by atoms with van der Waals surface area (Å²) >= 11 is 12.6. The van der Waals surface area contributed by atoms with E-state index in [1.165, 1.54) is 35.2 Å². The molecule has 0 heterocycles. The summed E-state index contributed by atoms with van der Waals surface area (Å²) in [5.74, 6) is -0.308. The molecule has 41 heavy (non-hydrogen) atoms. The van der Waals surface area contributed by atoms with Gasteiger partial charge in [0.05, 0.1) is 22.7 Å². The van der Waals surface area contributed by atoms with Gasteiger partial charge in [0.15, 0.2) is 0 Å². The molecule has 0 saturated heterocycles. The monoisotopic (exact) mass is 619 g/mol. The first-order chi connectivity index (χ1) is 19.5. The van der Waals surface area contributed by atoms with Crippen LogP contribution in [0.5, 0.6) is 5.75 Å². The average molecular weight is 621 g/mol. The van der Waals surface area contributed by atoms with Gasteiger partial charge in [-0.25, -0.2) is 8.42 Å². The van der Waals surface area contributed by atoms with Crippen molar-refractivity contribution in [1.29, 1.82) is 0 Å². The maximum absolute atomic E-state index is 14.1. The molecule has 0 fully saturated rings. The second-order valence-electron chi connectivity index (χ2n) is 9.54. The van der Waals surface area contributed by atoms with Crippen LogP contribution in [0.15, 0.2) is 77.7 Å². The molecular formula is C30H35Cl2N3O5S. The van der Waals surface area contributed by atoms with E-state index in [2.05, 4.69) is 5.32 Å². The van der Waals surface area contributed by atoms with Gasteiger partial charge in [-0.15, -0.1) is 0 Å². The molecule has 0 spiro atoms. The Morgan fingerprint density at radius 3 is 2.27 bits per heavy atom. The molecule has 0 unspecified atom stereocenters. The van der Waals surface area contributed by atoms with E-state index in [1.807, 2.05) is 19.9 Å². The fraction of sp³-hybridized carbons (Fsp3) is 0.333. The predicted molar refractivity (Wildman–Crippen MR) is 163 cm³/mol. The van der Waals surface area contributed by atoms with Gasteiger partial charge >= 0.3 is 0 Å². The van der Waals surface area contributed by atoms with Gasteiger partial charge in [0.25, 0.3) is 10.0 Å². The van der Waals surface area contributed by atoms with E-state index < -0.39 is 28.5 Å². The Labute approximate surface area is 252 Å². The zero-order valence-electron chi connectivity index (χ0n) is 23.5. The Morgan fingerprint density at radius 1 is 0.951 bits per heavy atom. The maximum atomic E-state index is 14.1. The van der Waals surface area contributed by atoms with Crippen LogP contribution in [0, 0.1) is 0 Å². The second kappa shape index (κ2) is 14.6. The fourth-order valence-corrected chi connectivity index (χ4v) is 6.26. The average Bonchev–Trinajstić information content (AvgIpc) is 2.96. The van der Waals surface area contributed by atoms with Crippen molar-refractivity contribution in [2.45, 2.75) is 57.1 Å². The molecular weight excluding hydrogens is 585 g/mol. The van der Waals surface area contributed by atoms with E-state index in [-0.39, 0.29) is 34.1 Å². The number of hydrogen-bond acceptors (Lipinski definition) is 5. The standard InChI is InChI=1S/C30H35Cl2N3O5S/c1-5-21(3)33-30(37)27(6-2)34(19-22-11-10-12-24(17-22)40-4)29(36)20-35(28-16-15-23(31)18-26(28)32)41(38,39)25-13-8-7-9-14-25/h7-18,21,27H,5-6,19-20H2,1-4H3,(H,33,37)/t21-,27+/m1/s1. The maximum Gasteiger partial charge on any atom is 0.264 e. The molecule has 0 radical (unpaired) electrons. The molecule has 8 nitrogen and oxygen atoms in total. The summed E-state index contributed by atoms with van der Waals surface area (Å²) in [4.78, 5) is 28.9. The Hall–Kier alpha value is -3.27. The number of anilines is 1. The lowest BCUT2D eigenvalue weighted by atomic mass is 10.1. The van der Waals surface area contributed by atoms with Crippen molar-refractivity contribution in [1.82, 2.24) is 10.2 Å². The fourth-order valence-electron chi connectivity index (χ4n) is 4.24. The lowest BCUT2D eigenvalue weighted by Crippen LogP contribution is -2.53. The molecule has 0 aromatic heterocycles. The highest BCUT2D eigenvalue weighted by Crippen LogP contribution is 2.33. The Kier molecular flexibility index (Phi) is 11.5. The molecule has 0 aliphatic carbocycles. The van der Waals surface area contributed by atoms with Crippen LogP contribution >= 0.6 is 23.2 Å². The van der Waals surface area contributed by atoms with Crippen molar-refractivity contribution in [2.75, 3.05) is 18.0 Å². The zero-order chi connectivity index (χ0) is 30.2. The molecule has 0 aliphatic rings. The van der Waals surface area contributed by atoms with Gasteiger partial charge in [0.2, 0.25) is 11.8 Å². The highest BCUT2D eigenvalue weighted by Gasteiger charge is 2.34. The van der Waals surface area contributed by atoms with E-state index in [1.54, 1.807) is 50.4 Å². The number of benzene rings is 3. The first-order valence-corrected chi connectivity index (χ1v) is 15.5. The van der Waals surface area contributed by atoms with E-state index in [4.69, 9.17) is 27.9 Å². The number of nitrogens with one attached hydrogen (secondary N) is 1. The minimum atomic E-state index is -4.24. The minimum absolute atomic E-state index is 0.0142. The van der Waals surface area contributed by atoms with Crippen LogP contribution in [0.2, 0.25) is 10.0 Å². The highest BCUT2D eigenvalue weighted by atomic mass is 35.5. The number of methoxy groups -OCH3 is 1. The van der Waals surface area contributed by atoms with Crippen molar-refractivity contribution in [3.05, 3.63) is 88.4 Å². The summed E-state index contributed by atoms with van der Waals surface area (Å²) in [6.07, 6.45) is 1.02. The van der Waals surface area contributed by atoms with Crippen molar-refractivity contribution >= 4 is 50.7 Å². The summed E-state index contributed by atoms with van der Waals surface area (Å²) in [6.45, 7) is 5.09. The molecule has 0 saturated carbocycles. The first kappa shape index (κ1) is 32.2. The lowest BCUT2D eigenvalue weighted by molar-refractivity contribution is -0.140. The van der Waals surface area contributed by atoms with Gasteiger partial charge < -0.3 is 15.0 Å². The van der Waals surface area contributed by atoms with E-state index in [0.29, 0.717) is 23.6 Å². The zero-order valence-corrected chi connectivity index (χ0v) is 25.8. The number of nitrogens with zero attached hydrogens (tertiary/aromatic N) is 2. The van der Waals surface area contributed by atoms with Crippen LogP contribution < -0.4 is 14.4 Å². The summed E-state index contributed by atoms with van der Waals surface area (Å²) in [6, 6.07) is 18.3. The normalized spacial score (nSPS) is 12.7. The van der Waals surface area contributed by atoms with E-state index in [9.17, 15) is 18.0 Å². The second-order valence-corrected chi connectivity index (χ2v) is 12.2. The number of carbonyl (C=O) groups excluding carboxylic acids is 2. The van der Waals surface area contributed by atoms with Gasteiger partial charge in [-0.3, -0.25) is 13.9 Å². The van der Waals surface area contributed by atoms with Gasteiger partial charge in [-0.05, 0) is 67.8 Å². The first-order valence-electron chi connectivity index (χ1n) is 13.3. The van der Waals surface area contributed by atoms with Crippen LogP contribution in [-0.2, 0) is 26.2 Å². The third-order valence-electron chi connectivity index (χ3n) is 6.66. The van der Waals surface area contributed by atoms with Crippen molar-refractivity contribution in [3.8, 4) is 5.75 Å². The minimum Gasteiger partial charge on any atom is -0.497 e. The summed E-state index contributed by atoms with van der Waals surface area (Å²) < 4.78 is 34.1. The molecule has 220 valence electrons. The summed E-state index contributed by atoms with van der Waals surface area (Å²) in [5.41, 5.74) is 0.807. The number of sulfonamides is 1. The van der Waals surface area contributed by atoms with Gasteiger partial charge in [-0.2, -0.15) is 0 Å². The molecule has 3 rings (SSSR count). The number of hydrogen-bond donors (Lipinski definition) is 1. The number of ether oxygens (including phenoxy) is 1. The molecule has 11 heteroatoms. The molecule has 2 amide bonds. The van der Waals surface area contributed by atoms with E-state index in [0.717, 1.165) is 9.87 Å². The number of carbonyl (C=O) groups is 2. The van der Waals surface area contributed by atoms with Crippen LogP contribution in [0.4, 0.5) is 5.69 Å². The van der Waals surface area contributed by atoms with Gasteiger partial charge in [0, 0.05) is 17.6 Å². The Morgan fingerprint density at radius 2 is 1.66 bits per heavy atom. The molecule has 2 atom stereocenters. The van der Waals surface area contributed by atoms with Gasteiger partial charge in [0.1, 0.15) is 18.3 Å². The molecule has 0 aliphatic heterocycles. The summed E-state index contributed by atoms with van der Waals surface area (Å²) in [5, 5.41) is 3.33. The van der Waals surface area contributed by atoms with Crippen LogP contribution in [-0.4, -0.2) is 50.9 Å². The lowest BCUT2D eigenvalue weighted by Gasteiger charge is -2.34. The molecule has 0 bridgehead atoms. The highest BCUT2D eigenvalue weighted by molar-refractivity contribution is 7.92. The van der Waals surface area contributed by atoms with E-state index >= 15 is 0 Å². The largest absolute Gasteiger partial charge is 0.497 e. The number of halogens is 2. The molecule has 3 aromatic rings. The third kappa shape index (κ3) is 8.15. The topological polar surface area (TPSA) is 96.0 Å². The summed E-state index contributed by atoms with van der Waals surface area (Å²) in [7, 11) is -2.70. The third-order valence-corrected chi connectivity index (χ3v) is 8.97. The smallest absolute Gasteiger partial charge is 0.264 e. The van der Waals surface area contributed by atoms with Crippen molar-refractivity contribution < 1.29 is 22.7 Å². The number of amides is 2. The van der Waals surface area contributed by atoms with Crippen molar-refractivity contribution in [3.63, 3.8) is 0 Å². The Bertz CT molecular complexity index is 1450. The predicted octanol–water partition coefficient (Wildman–Crippen LogP) is 5.92. The van der Waals surface area contributed by atoms with Gasteiger partial charge in [-0.1, -0.05) is 67.4 Å². The quantitative estimate of drug-likeness (QED) is 0.256. The van der Waals surface area contributed by atoms with Crippen LogP contribution in [0.25, 0.3) is 0 Å². The SMILES string of the molecule is CC[C@@H](C)NC(=O)[C@H](CC)N(Cc1cccc(OC)c1)C(=O)CN(c1ccc(Cl)cc1Cl)S(=O)(=O)c1ccccc1.